The van der Waals surface area contributed by atoms with Crippen molar-refractivity contribution in [2.45, 2.75) is 0 Å². The van der Waals surface area contributed by atoms with Crippen LogP contribution in [0, 0.1) is 0 Å². The molecule has 0 radical (unpaired) electrons. The third-order valence-electron chi connectivity index (χ3n) is 1.85. The number of methoxy groups -OCH3 is 1. The van der Waals surface area contributed by atoms with Crippen molar-refractivity contribution >= 4 is 34.5 Å². The Morgan fingerprint density at radius 1 is 1.35 bits per heavy atom. The number of benzene rings is 1. The van der Waals surface area contributed by atoms with Crippen LogP contribution in [-0.4, -0.2) is 23.7 Å². The Hall–Kier alpha value is -2.15. The van der Waals surface area contributed by atoms with E-state index in [1.54, 1.807) is 31.4 Å². The highest BCUT2D eigenvalue weighted by atomic mass is 32.1. The van der Waals surface area contributed by atoms with E-state index < -0.39 is 5.91 Å². The van der Waals surface area contributed by atoms with Gasteiger partial charge in [0.25, 0.3) is 5.91 Å². The number of rotatable bonds is 5. The van der Waals surface area contributed by atoms with Gasteiger partial charge >= 0.3 is 0 Å². The fraction of sp³-hybridized carbons (Fsp3) is 0.100. The average molecular weight is 252 g/mol. The quantitative estimate of drug-likeness (QED) is 0.395. The molecule has 0 bridgehead atoms. The Bertz CT molecular complexity index is 440. The number of nitrogens with zero attached hydrogens (tertiary/aromatic N) is 1. The van der Waals surface area contributed by atoms with Gasteiger partial charge in [-0.05, 0) is 24.3 Å². The maximum Gasteiger partial charge on any atom is 0.272 e. The molecule has 0 aliphatic rings. The van der Waals surface area contributed by atoms with Crippen molar-refractivity contribution in [1.29, 1.82) is 0 Å². The Balaban J connectivity index is 2.80. The third-order valence-corrected chi connectivity index (χ3v) is 2.05. The Morgan fingerprint density at radius 2 is 1.94 bits per heavy atom. The maximum atomic E-state index is 10.9. The molecule has 0 fully saturated rings. The molecule has 0 aromatic heterocycles. The molecule has 6 nitrogen and oxygen atoms in total. The van der Waals surface area contributed by atoms with Crippen molar-refractivity contribution in [2.24, 2.45) is 16.6 Å². The highest BCUT2D eigenvalue weighted by molar-refractivity contribution is 7.82. The molecule has 1 amide bonds. The standard InChI is InChI=1S/C10H12N4O2S/c1-16-7-4-2-6(3-5-7)13-14-8(9(11)15)10(12)17/h2-5,13H,1H3,(H2,11,15)(H2,12,17)/b14-8-. The largest absolute Gasteiger partial charge is 0.497 e. The van der Waals surface area contributed by atoms with Gasteiger partial charge in [0, 0.05) is 0 Å². The highest BCUT2D eigenvalue weighted by Crippen LogP contribution is 2.14. The molecule has 0 saturated carbocycles. The first kappa shape index (κ1) is 12.9. The van der Waals surface area contributed by atoms with E-state index in [-0.39, 0.29) is 10.7 Å². The number of hydrogen-bond donors (Lipinski definition) is 3. The summed E-state index contributed by atoms with van der Waals surface area (Å²) in [6, 6.07) is 6.92. The zero-order valence-electron chi connectivity index (χ0n) is 9.14. The zero-order chi connectivity index (χ0) is 12.8. The molecule has 90 valence electrons. The Labute approximate surface area is 104 Å². The number of carbonyl (C=O) groups is 1. The van der Waals surface area contributed by atoms with Gasteiger partial charge in [-0.3, -0.25) is 10.2 Å². The van der Waals surface area contributed by atoms with Gasteiger partial charge < -0.3 is 16.2 Å². The monoisotopic (exact) mass is 252 g/mol. The molecule has 1 aromatic carbocycles. The van der Waals surface area contributed by atoms with E-state index in [9.17, 15) is 4.79 Å². The van der Waals surface area contributed by atoms with Gasteiger partial charge in [0.05, 0.1) is 12.8 Å². The minimum atomic E-state index is -0.779. The molecule has 0 atom stereocenters. The van der Waals surface area contributed by atoms with Crippen molar-refractivity contribution in [3.63, 3.8) is 0 Å². The summed E-state index contributed by atoms with van der Waals surface area (Å²) >= 11 is 4.63. The molecule has 17 heavy (non-hydrogen) atoms. The Kier molecular flexibility index (Phi) is 4.41. The van der Waals surface area contributed by atoms with E-state index in [1.807, 2.05) is 0 Å². The molecular formula is C10H12N4O2S. The molecule has 0 saturated heterocycles. The molecule has 0 unspecified atom stereocenters. The van der Waals surface area contributed by atoms with Crippen LogP contribution in [0.15, 0.2) is 29.4 Å². The van der Waals surface area contributed by atoms with Gasteiger partial charge in [0.1, 0.15) is 10.7 Å². The predicted molar refractivity (Wildman–Crippen MR) is 70.0 cm³/mol. The van der Waals surface area contributed by atoms with Crippen LogP contribution in [-0.2, 0) is 4.79 Å². The van der Waals surface area contributed by atoms with Crippen LogP contribution in [0.25, 0.3) is 0 Å². The van der Waals surface area contributed by atoms with Crippen LogP contribution in [0.1, 0.15) is 0 Å². The molecule has 7 heteroatoms. The van der Waals surface area contributed by atoms with E-state index in [0.717, 1.165) is 0 Å². The first-order valence-corrected chi connectivity index (χ1v) is 5.02. The molecule has 1 aromatic rings. The molecule has 0 heterocycles. The van der Waals surface area contributed by atoms with Crippen molar-refractivity contribution in [3.8, 4) is 5.75 Å². The van der Waals surface area contributed by atoms with E-state index >= 15 is 0 Å². The lowest BCUT2D eigenvalue weighted by atomic mass is 10.3. The first-order chi connectivity index (χ1) is 8.04. The van der Waals surface area contributed by atoms with Crippen LogP contribution < -0.4 is 21.6 Å². The van der Waals surface area contributed by atoms with Gasteiger partial charge in [-0.2, -0.15) is 5.10 Å². The number of nitrogens with one attached hydrogen (secondary N) is 1. The SMILES string of the molecule is COc1ccc(N/N=C(/C(N)=O)C(N)=S)cc1. The van der Waals surface area contributed by atoms with Crippen molar-refractivity contribution in [3.05, 3.63) is 24.3 Å². The van der Waals surface area contributed by atoms with Gasteiger partial charge in [0.2, 0.25) is 0 Å². The molecule has 5 N–H and O–H groups in total. The second-order valence-corrected chi connectivity index (χ2v) is 3.47. The summed E-state index contributed by atoms with van der Waals surface area (Å²) in [6.07, 6.45) is 0. The summed E-state index contributed by atoms with van der Waals surface area (Å²) in [7, 11) is 1.57. The van der Waals surface area contributed by atoms with Crippen LogP contribution in [0.3, 0.4) is 0 Å². The number of nitrogens with two attached hydrogens (primary N) is 2. The van der Waals surface area contributed by atoms with Gasteiger partial charge in [-0.1, -0.05) is 12.2 Å². The van der Waals surface area contributed by atoms with Gasteiger partial charge in [0.15, 0.2) is 5.71 Å². The lowest BCUT2D eigenvalue weighted by Crippen LogP contribution is -2.35. The van der Waals surface area contributed by atoms with Crippen LogP contribution in [0.5, 0.6) is 5.75 Å². The maximum absolute atomic E-state index is 10.9. The molecule has 0 spiro atoms. The van der Waals surface area contributed by atoms with Crippen LogP contribution >= 0.6 is 12.2 Å². The Morgan fingerprint density at radius 3 is 2.35 bits per heavy atom. The number of ether oxygens (including phenoxy) is 1. The second kappa shape index (κ2) is 5.80. The minimum absolute atomic E-state index is 0.154. The molecule has 0 aliphatic carbocycles. The summed E-state index contributed by atoms with van der Waals surface area (Å²) in [5.74, 6) is -0.0671. The van der Waals surface area contributed by atoms with Gasteiger partial charge in [-0.25, -0.2) is 0 Å². The van der Waals surface area contributed by atoms with E-state index in [0.29, 0.717) is 11.4 Å². The van der Waals surface area contributed by atoms with Crippen molar-refractivity contribution in [1.82, 2.24) is 0 Å². The summed E-state index contributed by atoms with van der Waals surface area (Å²) in [5, 5.41) is 3.73. The predicted octanol–water partition coefficient (Wildman–Crippen LogP) is 0.234. The number of hydrazone groups is 1. The smallest absolute Gasteiger partial charge is 0.272 e. The van der Waals surface area contributed by atoms with Crippen molar-refractivity contribution in [2.75, 3.05) is 12.5 Å². The molecule has 0 aliphatic heterocycles. The number of primary amides is 1. The van der Waals surface area contributed by atoms with Gasteiger partial charge in [-0.15, -0.1) is 0 Å². The number of thiocarbonyl (C=S) groups is 1. The number of hydrogen-bond acceptors (Lipinski definition) is 5. The normalized spacial score (nSPS) is 10.8. The number of anilines is 1. The van der Waals surface area contributed by atoms with Crippen molar-refractivity contribution < 1.29 is 9.53 Å². The number of amides is 1. The topological polar surface area (TPSA) is 103 Å². The zero-order valence-corrected chi connectivity index (χ0v) is 9.95. The summed E-state index contributed by atoms with van der Waals surface area (Å²) in [6.45, 7) is 0. The molecule has 1 rings (SSSR count). The fourth-order valence-electron chi connectivity index (χ4n) is 1.02. The third kappa shape index (κ3) is 3.72. The second-order valence-electron chi connectivity index (χ2n) is 3.03. The minimum Gasteiger partial charge on any atom is -0.497 e. The summed E-state index contributed by atoms with van der Waals surface area (Å²) in [5.41, 5.74) is 13.4. The van der Waals surface area contributed by atoms with E-state index in [4.69, 9.17) is 16.2 Å². The highest BCUT2D eigenvalue weighted by Gasteiger charge is 2.09. The lowest BCUT2D eigenvalue weighted by Gasteiger charge is -2.04. The summed E-state index contributed by atoms with van der Waals surface area (Å²) < 4.78 is 4.99. The number of carbonyl (C=O) groups excluding carboxylic acids is 1. The van der Waals surface area contributed by atoms with E-state index in [1.165, 1.54) is 0 Å². The average Bonchev–Trinajstić information content (AvgIpc) is 2.29. The lowest BCUT2D eigenvalue weighted by molar-refractivity contribution is -0.111. The summed E-state index contributed by atoms with van der Waals surface area (Å²) in [4.78, 5) is 10.8. The first-order valence-electron chi connectivity index (χ1n) is 4.62. The van der Waals surface area contributed by atoms with E-state index in [2.05, 4.69) is 22.7 Å². The van der Waals surface area contributed by atoms with Crippen LogP contribution in [0.4, 0.5) is 5.69 Å². The van der Waals surface area contributed by atoms with Crippen LogP contribution in [0.2, 0.25) is 0 Å². The molecular weight excluding hydrogens is 240 g/mol. The fourth-order valence-corrected chi connectivity index (χ4v) is 1.16.